The summed E-state index contributed by atoms with van der Waals surface area (Å²) in [5.74, 6) is 2.15. The summed E-state index contributed by atoms with van der Waals surface area (Å²) in [6.07, 6.45) is 2.56. The first-order valence-corrected chi connectivity index (χ1v) is 5.27. The van der Waals surface area contributed by atoms with Crippen LogP contribution in [0.3, 0.4) is 0 Å². The Labute approximate surface area is 91.1 Å². The molecule has 0 aliphatic carbocycles. The van der Waals surface area contributed by atoms with Gasteiger partial charge in [-0.1, -0.05) is 13.8 Å². The maximum Gasteiger partial charge on any atom is 0.221 e. The Bertz CT molecular complexity index is 313. The lowest BCUT2D eigenvalue weighted by Gasteiger charge is -2.11. The fourth-order valence-corrected chi connectivity index (χ4v) is 1.22. The van der Waals surface area contributed by atoms with Crippen LogP contribution in [0.4, 0.5) is 5.82 Å². The second-order valence-corrected chi connectivity index (χ2v) is 3.93. The van der Waals surface area contributed by atoms with E-state index in [0.717, 1.165) is 17.8 Å². The van der Waals surface area contributed by atoms with Crippen LogP contribution in [0.25, 0.3) is 0 Å². The van der Waals surface area contributed by atoms with Crippen LogP contribution < -0.4 is 10.1 Å². The van der Waals surface area contributed by atoms with Crippen LogP contribution in [0.2, 0.25) is 0 Å². The highest BCUT2D eigenvalue weighted by Crippen LogP contribution is 2.19. The van der Waals surface area contributed by atoms with Crippen molar-refractivity contribution < 1.29 is 4.74 Å². The van der Waals surface area contributed by atoms with E-state index < -0.39 is 0 Å². The molecule has 0 atom stereocenters. The average molecular weight is 209 g/mol. The molecule has 4 nitrogen and oxygen atoms in total. The highest BCUT2D eigenvalue weighted by molar-refractivity contribution is 5.46. The summed E-state index contributed by atoms with van der Waals surface area (Å²) in [4.78, 5) is 8.21. The standard InChI is InChI=1S/C11H19N3O/c1-8(2)5-6-15-11-9(3)10(12-4)13-7-14-11/h7-8H,5-6H2,1-4H3,(H,12,13,14). The number of hydrogen-bond acceptors (Lipinski definition) is 4. The first-order chi connectivity index (χ1) is 7.15. The SMILES string of the molecule is CNc1ncnc(OCCC(C)C)c1C. The smallest absolute Gasteiger partial charge is 0.221 e. The minimum Gasteiger partial charge on any atom is -0.477 e. The van der Waals surface area contributed by atoms with Gasteiger partial charge in [0, 0.05) is 7.05 Å². The van der Waals surface area contributed by atoms with Crippen molar-refractivity contribution in [2.75, 3.05) is 19.0 Å². The van der Waals surface area contributed by atoms with E-state index in [1.165, 1.54) is 6.33 Å². The second-order valence-electron chi connectivity index (χ2n) is 3.93. The number of ether oxygens (including phenoxy) is 1. The summed E-state index contributed by atoms with van der Waals surface area (Å²) in [7, 11) is 1.84. The van der Waals surface area contributed by atoms with E-state index >= 15 is 0 Å². The lowest BCUT2D eigenvalue weighted by molar-refractivity contribution is 0.277. The fraction of sp³-hybridized carbons (Fsp3) is 0.636. The van der Waals surface area contributed by atoms with Gasteiger partial charge < -0.3 is 10.1 Å². The highest BCUT2D eigenvalue weighted by Gasteiger charge is 2.06. The van der Waals surface area contributed by atoms with Crippen molar-refractivity contribution in [3.05, 3.63) is 11.9 Å². The molecule has 1 N–H and O–H groups in total. The number of nitrogens with zero attached hydrogens (tertiary/aromatic N) is 2. The molecule has 1 heterocycles. The number of anilines is 1. The maximum atomic E-state index is 5.60. The molecule has 1 aromatic heterocycles. The van der Waals surface area contributed by atoms with E-state index in [9.17, 15) is 0 Å². The second kappa shape index (κ2) is 5.53. The predicted octanol–water partition coefficient (Wildman–Crippen LogP) is 2.25. The minimum atomic E-state index is 0.649. The fourth-order valence-electron chi connectivity index (χ4n) is 1.22. The maximum absolute atomic E-state index is 5.60. The van der Waals surface area contributed by atoms with E-state index in [1.807, 2.05) is 14.0 Å². The van der Waals surface area contributed by atoms with Gasteiger partial charge in [-0.05, 0) is 19.3 Å². The van der Waals surface area contributed by atoms with Crippen molar-refractivity contribution >= 4 is 5.82 Å². The van der Waals surface area contributed by atoms with Crippen molar-refractivity contribution in [2.45, 2.75) is 27.2 Å². The van der Waals surface area contributed by atoms with Crippen LogP contribution in [0.15, 0.2) is 6.33 Å². The van der Waals surface area contributed by atoms with Crippen LogP contribution in [-0.2, 0) is 0 Å². The Morgan fingerprint density at radius 2 is 2.13 bits per heavy atom. The van der Waals surface area contributed by atoms with E-state index in [0.29, 0.717) is 18.4 Å². The summed E-state index contributed by atoms with van der Waals surface area (Å²) in [6.45, 7) is 7.01. The Hall–Kier alpha value is -1.32. The molecule has 1 aromatic rings. The van der Waals surface area contributed by atoms with Gasteiger partial charge in [-0.25, -0.2) is 9.97 Å². The molecule has 0 radical (unpaired) electrons. The van der Waals surface area contributed by atoms with Crippen LogP contribution in [-0.4, -0.2) is 23.6 Å². The largest absolute Gasteiger partial charge is 0.477 e. The molecular formula is C11H19N3O. The molecule has 15 heavy (non-hydrogen) atoms. The minimum absolute atomic E-state index is 0.649. The predicted molar refractivity (Wildman–Crippen MR) is 61.3 cm³/mol. The third-order valence-electron chi connectivity index (χ3n) is 2.21. The monoisotopic (exact) mass is 209 g/mol. The first kappa shape index (κ1) is 11.8. The molecule has 4 heteroatoms. The number of aromatic nitrogens is 2. The van der Waals surface area contributed by atoms with Crippen LogP contribution in [0.1, 0.15) is 25.8 Å². The van der Waals surface area contributed by atoms with Gasteiger partial charge in [0.25, 0.3) is 0 Å². The summed E-state index contributed by atoms with van der Waals surface area (Å²) >= 11 is 0. The molecule has 0 saturated carbocycles. The van der Waals surface area contributed by atoms with Gasteiger partial charge in [-0.15, -0.1) is 0 Å². The van der Waals surface area contributed by atoms with Crippen molar-refractivity contribution in [1.82, 2.24) is 9.97 Å². The third kappa shape index (κ3) is 3.38. The molecule has 0 aromatic carbocycles. The molecule has 0 unspecified atom stereocenters. The Kier molecular flexibility index (Phi) is 4.34. The first-order valence-electron chi connectivity index (χ1n) is 5.27. The average Bonchev–Trinajstić information content (AvgIpc) is 2.20. The zero-order valence-corrected chi connectivity index (χ0v) is 9.87. The van der Waals surface area contributed by atoms with Gasteiger partial charge in [0.15, 0.2) is 0 Å². The highest BCUT2D eigenvalue weighted by atomic mass is 16.5. The van der Waals surface area contributed by atoms with Crippen molar-refractivity contribution in [3.8, 4) is 5.88 Å². The number of hydrogen-bond donors (Lipinski definition) is 1. The zero-order chi connectivity index (χ0) is 11.3. The molecule has 0 aliphatic heterocycles. The molecule has 0 aliphatic rings. The molecule has 84 valence electrons. The molecule has 0 saturated heterocycles. The van der Waals surface area contributed by atoms with Crippen LogP contribution in [0.5, 0.6) is 5.88 Å². The molecule has 0 fully saturated rings. The summed E-state index contributed by atoms with van der Waals surface area (Å²) < 4.78 is 5.60. The van der Waals surface area contributed by atoms with Crippen molar-refractivity contribution in [1.29, 1.82) is 0 Å². The third-order valence-corrected chi connectivity index (χ3v) is 2.21. The summed E-state index contributed by atoms with van der Waals surface area (Å²) in [6, 6.07) is 0. The van der Waals surface area contributed by atoms with Crippen molar-refractivity contribution in [3.63, 3.8) is 0 Å². The van der Waals surface area contributed by atoms with Gasteiger partial charge in [-0.2, -0.15) is 0 Å². The molecule has 1 rings (SSSR count). The molecular weight excluding hydrogens is 190 g/mol. The Morgan fingerprint density at radius 1 is 1.40 bits per heavy atom. The number of nitrogens with one attached hydrogen (secondary N) is 1. The van der Waals surface area contributed by atoms with E-state index in [1.54, 1.807) is 0 Å². The quantitative estimate of drug-likeness (QED) is 0.808. The van der Waals surface area contributed by atoms with E-state index in [4.69, 9.17) is 4.74 Å². The van der Waals surface area contributed by atoms with E-state index in [2.05, 4.69) is 29.1 Å². The summed E-state index contributed by atoms with van der Waals surface area (Å²) in [5, 5.41) is 3.00. The zero-order valence-electron chi connectivity index (χ0n) is 9.87. The normalized spacial score (nSPS) is 10.5. The lowest BCUT2D eigenvalue weighted by Crippen LogP contribution is -2.06. The lowest BCUT2D eigenvalue weighted by atomic mass is 10.1. The van der Waals surface area contributed by atoms with Gasteiger partial charge >= 0.3 is 0 Å². The van der Waals surface area contributed by atoms with Gasteiger partial charge in [0.05, 0.1) is 12.2 Å². The van der Waals surface area contributed by atoms with Gasteiger partial charge in [0.2, 0.25) is 5.88 Å². The van der Waals surface area contributed by atoms with Crippen LogP contribution in [0, 0.1) is 12.8 Å². The molecule has 0 amide bonds. The Balaban J connectivity index is 2.61. The van der Waals surface area contributed by atoms with E-state index in [-0.39, 0.29) is 0 Å². The van der Waals surface area contributed by atoms with Crippen molar-refractivity contribution in [2.24, 2.45) is 5.92 Å². The topological polar surface area (TPSA) is 47.0 Å². The van der Waals surface area contributed by atoms with Gasteiger partial charge in [0.1, 0.15) is 12.1 Å². The van der Waals surface area contributed by atoms with Crippen LogP contribution >= 0.6 is 0 Å². The Morgan fingerprint density at radius 3 is 2.73 bits per heavy atom. The summed E-state index contributed by atoms with van der Waals surface area (Å²) in [5.41, 5.74) is 0.962. The number of rotatable bonds is 5. The molecule has 0 spiro atoms. The van der Waals surface area contributed by atoms with Gasteiger partial charge in [-0.3, -0.25) is 0 Å². The molecule has 0 bridgehead atoms.